The minimum absolute atomic E-state index is 0. The number of rotatable bonds is 4. The van der Waals surface area contributed by atoms with Crippen molar-refractivity contribution < 1.29 is 67.3 Å². The molecule has 1 saturated heterocycles. The molecule has 0 saturated carbocycles. The Hall–Kier alpha value is 0.220. The van der Waals surface area contributed by atoms with Crippen molar-refractivity contribution in [2.45, 2.75) is 44.0 Å². The Balaban J connectivity index is 0.00000400. The van der Waals surface area contributed by atoms with Crippen LogP contribution in [0.2, 0.25) is 0 Å². The SMILES string of the molecule is CO[C@]1(CS(=O)(=O)O)O[C@@H](C)[C@H](N=C(C)[O-])[C@@H](O)[C@@H]1O.[Na+]. The second-order valence-corrected chi connectivity index (χ2v) is 6.09. The number of hydrogen-bond donors (Lipinski definition) is 3. The first-order valence-corrected chi connectivity index (χ1v) is 7.39. The monoisotopic (exact) mass is 335 g/mol. The van der Waals surface area contributed by atoms with Gasteiger partial charge in [-0.25, -0.2) is 0 Å². The van der Waals surface area contributed by atoms with E-state index in [2.05, 4.69) is 4.99 Å². The Kier molecular flexibility index (Phi) is 7.74. The van der Waals surface area contributed by atoms with Crippen LogP contribution >= 0.6 is 0 Å². The second-order valence-electron chi connectivity index (χ2n) is 4.64. The fraction of sp³-hybridized carbons (Fsp3) is 0.900. The Morgan fingerprint density at radius 1 is 1.48 bits per heavy atom. The Labute approximate surface area is 145 Å². The maximum atomic E-state index is 11.0. The van der Waals surface area contributed by atoms with Gasteiger partial charge in [-0.2, -0.15) is 8.42 Å². The molecule has 1 heterocycles. The molecule has 0 aliphatic carbocycles. The van der Waals surface area contributed by atoms with Crippen LogP contribution in [-0.4, -0.2) is 72.1 Å². The van der Waals surface area contributed by atoms with Gasteiger partial charge in [-0.3, -0.25) is 9.55 Å². The van der Waals surface area contributed by atoms with Crippen LogP contribution in [0.25, 0.3) is 0 Å². The molecule has 11 heteroatoms. The first kappa shape index (κ1) is 21.2. The van der Waals surface area contributed by atoms with Crippen LogP contribution < -0.4 is 34.7 Å². The average Bonchev–Trinajstić information content (AvgIpc) is 2.29. The van der Waals surface area contributed by atoms with Crippen molar-refractivity contribution in [1.82, 2.24) is 0 Å². The van der Waals surface area contributed by atoms with Crippen LogP contribution in [-0.2, 0) is 19.6 Å². The molecule has 0 unspecified atom stereocenters. The quantitative estimate of drug-likeness (QED) is 0.199. The van der Waals surface area contributed by atoms with Gasteiger partial charge in [0.25, 0.3) is 10.1 Å². The number of methoxy groups -OCH3 is 1. The van der Waals surface area contributed by atoms with Crippen molar-refractivity contribution >= 4 is 16.0 Å². The van der Waals surface area contributed by atoms with E-state index in [9.17, 15) is 23.7 Å². The summed E-state index contributed by atoms with van der Waals surface area (Å²) in [5.41, 5.74) is 0. The molecule has 0 spiro atoms. The van der Waals surface area contributed by atoms with Crippen LogP contribution in [0.15, 0.2) is 4.99 Å². The van der Waals surface area contributed by atoms with Crippen LogP contribution in [0.3, 0.4) is 0 Å². The number of hydrogen-bond acceptors (Lipinski definition) is 8. The van der Waals surface area contributed by atoms with E-state index in [0.717, 1.165) is 7.11 Å². The van der Waals surface area contributed by atoms with Crippen molar-refractivity contribution in [2.75, 3.05) is 12.9 Å². The Morgan fingerprint density at radius 2 is 2.00 bits per heavy atom. The molecule has 1 rings (SSSR count). The van der Waals surface area contributed by atoms with Gasteiger partial charge in [-0.15, -0.1) is 0 Å². The van der Waals surface area contributed by atoms with Gasteiger partial charge in [0.15, 0.2) is 0 Å². The third-order valence-corrected chi connectivity index (χ3v) is 3.82. The van der Waals surface area contributed by atoms with Gasteiger partial charge in [-0.05, 0) is 19.7 Å². The molecule has 5 atom stereocenters. The molecular weight excluding hydrogens is 317 g/mol. The van der Waals surface area contributed by atoms with E-state index in [1.807, 2.05) is 0 Å². The smallest absolute Gasteiger partial charge is 0.862 e. The summed E-state index contributed by atoms with van der Waals surface area (Å²) in [5.74, 6) is -3.77. The van der Waals surface area contributed by atoms with Crippen LogP contribution in [0.4, 0.5) is 0 Å². The molecule has 9 nitrogen and oxygen atoms in total. The van der Waals surface area contributed by atoms with Gasteiger partial charge in [0.2, 0.25) is 5.79 Å². The number of ether oxygens (including phenoxy) is 2. The van der Waals surface area contributed by atoms with Gasteiger partial charge in [0.1, 0.15) is 24.0 Å². The Morgan fingerprint density at radius 3 is 2.38 bits per heavy atom. The number of aliphatic imine (C=N–C) groups is 1. The van der Waals surface area contributed by atoms with E-state index < -0.39 is 51.9 Å². The topological polar surface area (TPSA) is 149 Å². The van der Waals surface area contributed by atoms with Crippen molar-refractivity contribution in [1.29, 1.82) is 0 Å². The van der Waals surface area contributed by atoms with Gasteiger partial charge in [0, 0.05) is 7.11 Å². The van der Waals surface area contributed by atoms with Crippen LogP contribution in [0, 0.1) is 0 Å². The van der Waals surface area contributed by atoms with Crippen molar-refractivity contribution in [3.05, 3.63) is 0 Å². The predicted molar refractivity (Wildman–Crippen MR) is 65.6 cm³/mol. The molecule has 0 aromatic heterocycles. The van der Waals surface area contributed by atoms with E-state index in [0.29, 0.717) is 0 Å². The molecule has 1 aliphatic rings. The fourth-order valence-electron chi connectivity index (χ4n) is 2.17. The summed E-state index contributed by atoms with van der Waals surface area (Å²) < 4.78 is 41.1. The standard InChI is InChI=1S/C10H19NO8S.Na/c1-5-7(11-6(2)12)8(13)9(14)10(18-3,19-5)4-20(15,16)17;/h5,7-9,13-14H,4H2,1-3H3,(H,11,12)(H,15,16,17);/q;+1/p-1/t5-,7-,8+,9-,10+;/m0./s1. The van der Waals surface area contributed by atoms with E-state index in [1.165, 1.54) is 13.8 Å². The maximum absolute atomic E-state index is 11.0. The van der Waals surface area contributed by atoms with E-state index in [4.69, 9.17) is 14.0 Å². The third kappa shape index (κ3) is 5.12. The minimum atomic E-state index is -4.53. The molecule has 0 aromatic carbocycles. The summed E-state index contributed by atoms with van der Waals surface area (Å²) in [5, 5.41) is 31.0. The van der Waals surface area contributed by atoms with E-state index >= 15 is 0 Å². The van der Waals surface area contributed by atoms with Gasteiger partial charge in [0.05, 0.1) is 6.10 Å². The van der Waals surface area contributed by atoms with E-state index in [1.54, 1.807) is 0 Å². The molecule has 0 radical (unpaired) electrons. The predicted octanol–water partition coefficient (Wildman–Crippen LogP) is -5.49. The second kappa shape index (κ2) is 7.66. The van der Waals surface area contributed by atoms with Crippen molar-refractivity contribution in [3.63, 3.8) is 0 Å². The summed E-state index contributed by atoms with van der Waals surface area (Å²) in [6.07, 6.45) is -4.29. The molecule has 0 bridgehead atoms. The molecule has 21 heavy (non-hydrogen) atoms. The molecule has 1 aliphatic heterocycles. The van der Waals surface area contributed by atoms with Crippen molar-refractivity contribution in [3.8, 4) is 0 Å². The summed E-state index contributed by atoms with van der Waals surface area (Å²) in [7, 11) is -3.47. The normalized spacial score (nSPS) is 37.9. The maximum Gasteiger partial charge on any atom is 1.00 e. The van der Waals surface area contributed by atoms with Gasteiger partial charge in [-0.1, -0.05) is 0 Å². The number of aliphatic hydroxyl groups excluding tert-OH is 2. The zero-order chi connectivity index (χ0) is 15.7. The van der Waals surface area contributed by atoms with Crippen molar-refractivity contribution in [2.24, 2.45) is 4.99 Å². The molecule has 3 N–H and O–H groups in total. The van der Waals surface area contributed by atoms with Crippen LogP contribution in [0.1, 0.15) is 13.8 Å². The molecule has 0 amide bonds. The molecule has 1 fully saturated rings. The Bertz CT molecular complexity index is 479. The zero-order valence-corrected chi connectivity index (χ0v) is 15.1. The fourth-order valence-corrected chi connectivity index (χ4v) is 3.04. The summed E-state index contributed by atoms with van der Waals surface area (Å²) in [6.45, 7) is 2.60. The summed E-state index contributed by atoms with van der Waals surface area (Å²) in [4.78, 5) is 3.60. The van der Waals surface area contributed by atoms with Gasteiger partial charge >= 0.3 is 29.6 Å². The largest absolute Gasteiger partial charge is 1.00 e. The molecule has 0 aromatic rings. The third-order valence-electron chi connectivity index (χ3n) is 3.05. The molecule has 118 valence electrons. The zero-order valence-electron chi connectivity index (χ0n) is 12.3. The first-order valence-electron chi connectivity index (χ1n) is 5.78. The number of aliphatic hydroxyl groups is 2. The van der Waals surface area contributed by atoms with E-state index in [-0.39, 0.29) is 29.6 Å². The number of nitrogens with zero attached hydrogens (tertiary/aromatic N) is 1. The summed E-state index contributed by atoms with van der Waals surface area (Å²) in [6, 6.07) is -1.06. The minimum Gasteiger partial charge on any atom is -0.862 e. The first-order chi connectivity index (χ1) is 9.02. The summed E-state index contributed by atoms with van der Waals surface area (Å²) >= 11 is 0. The van der Waals surface area contributed by atoms with Crippen LogP contribution in [0.5, 0.6) is 0 Å². The van der Waals surface area contributed by atoms with Gasteiger partial charge < -0.3 is 24.8 Å². The molecular formula is C10H18NNaO8S. The average molecular weight is 335 g/mol.